The molecule has 4 heteroatoms. The molecule has 1 radical (unpaired) electrons. The third kappa shape index (κ3) is 1.62. The number of rotatable bonds is 3. The predicted molar refractivity (Wildman–Crippen MR) is 53.3 cm³/mol. The van der Waals surface area contributed by atoms with Gasteiger partial charge in [-0.25, -0.2) is 0 Å². The molecule has 67 valence electrons. The second-order valence-electron chi connectivity index (χ2n) is 2.72. The minimum absolute atomic E-state index is 0.535. The first-order valence-corrected chi connectivity index (χ1v) is 4.97. The Morgan fingerprint density at radius 1 is 1.54 bits per heavy atom. The molecule has 2 rings (SSSR count). The van der Waals surface area contributed by atoms with Crippen LogP contribution in [0.15, 0.2) is 29.2 Å². The lowest BCUT2D eigenvalue weighted by Gasteiger charge is -2.16. The molecule has 1 N–H and O–H groups in total. The van der Waals surface area contributed by atoms with E-state index in [0.29, 0.717) is 6.67 Å². The Bertz CT molecular complexity index is 316. The van der Waals surface area contributed by atoms with E-state index in [9.17, 15) is 4.79 Å². The van der Waals surface area contributed by atoms with Gasteiger partial charge in [-0.2, -0.15) is 0 Å². The molecule has 1 heterocycles. The van der Waals surface area contributed by atoms with Gasteiger partial charge in [0.2, 0.25) is 0 Å². The maximum atomic E-state index is 10.0. The van der Waals surface area contributed by atoms with Gasteiger partial charge in [0.15, 0.2) is 0 Å². The monoisotopic (exact) mass is 193 g/mol. The standard InChI is InChI=1S/C9H9N2OS/c12-6-10-5-11-7-13-9-4-2-1-3-8(9)11/h1-4H,5,7H2,(H,10,12). The first kappa shape index (κ1) is 8.44. The topological polar surface area (TPSA) is 32.3 Å². The first-order chi connectivity index (χ1) is 6.42. The van der Waals surface area contributed by atoms with Crippen LogP contribution in [0.1, 0.15) is 0 Å². The summed E-state index contributed by atoms with van der Waals surface area (Å²) in [6.07, 6.45) is 1.67. The lowest BCUT2D eigenvalue weighted by Crippen LogP contribution is -2.31. The summed E-state index contributed by atoms with van der Waals surface area (Å²) in [7, 11) is 0. The van der Waals surface area contributed by atoms with Crippen LogP contribution in [0.5, 0.6) is 0 Å². The van der Waals surface area contributed by atoms with Crippen LogP contribution in [0.4, 0.5) is 5.69 Å². The summed E-state index contributed by atoms with van der Waals surface area (Å²) < 4.78 is 0. The van der Waals surface area contributed by atoms with Crippen molar-refractivity contribution in [3.8, 4) is 0 Å². The fourth-order valence-corrected chi connectivity index (χ4v) is 2.36. The van der Waals surface area contributed by atoms with Crippen molar-refractivity contribution in [2.45, 2.75) is 4.90 Å². The zero-order valence-electron chi connectivity index (χ0n) is 6.99. The van der Waals surface area contributed by atoms with E-state index < -0.39 is 0 Å². The summed E-state index contributed by atoms with van der Waals surface area (Å²) in [4.78, 5) is 13.4. The highest BCUT2D eigenvalue weighted by Gasteiger charge is 2.17. The van der Waals surface area contributed by atoms with Crippen LogP contribution in [0, 0.1) is 0 Å². The van der Waals surface area contributed by atoms with Gasteiger partial charge in [0, 0.05) is 4.90 Å². The fourth-order valence-electron chi connectivity index (χ4n) is 1.32. The highest BCUT2D eigenvalue weighted by Crippen LogP contribution is 2.37. The molecule has 0 spiro atoms. The van der Waals surface area contributed by atoms with E-state index in [0.717, 1.165) is 5.88 Å². The third-order valence-electron chi connectivity index (χ3n) is 1.92. The number of para-hydroxylation sites is 1. The number of nitrogens with zero attached hydrogens (tertiary/aromatic N) is 1. The second-order valence-corrected chi connectivity index (χ2v) is 3.70. The largest absolute Gasteiger partial charge is 0.343 e. The molecular weight excluding hydrogens is 184 g/mol. The number of nitrogens with one attached hydrogen (secondary N) is 1. The van der Waals surface area contributed by atoms with E-state index in [4.69, 9.17) is 0 Å². The lowest BCUT2D eigenvalue weighted by atomic mass is 10.3. The molecule has 0 aromatic heterocycles. The first-order valence-electron chi connectivity index (χ1n) is 3.98. The van der Waals surface area contributed by atoms with Crippen molar-refractivity contribution in [2.75, 3.05) is 17.4 Å². The van der Waals surface area contributed by atoms with Gasteiger partial charge in [-0.3, -0.25) is 4.79 Å². The van der Waals surface area contributed by atoms with Crippen molar-refractivity contribution < 1.29 is 4.79 Å². The van der Waals surface area contributed by atoms with E-state index in [-0.39, 0.29) is 0 Å². The van der Waals surface area contributed by atoms with Crippen LogP contribution >= 0.6 is 11.8 Å². The van der Waals surface area contributed by atoms with Crippen molar-refractivity contribution in [3.63, 3.8) is 0 Å². The van der Waals surface area contributed by atoms with Gasteiger partial charge in [-0.05, 0) is 12.1 Å². The Morgan fingerprint density at radius 3 is 3.23 bits per heavy atom. The number of thioether (sulfide) groups is 1. The van der Waals surface area contributed by atoms with Crippen LogP contribution in [0.2, 0.25) is 0 Å². The molecular formula is C9H9N2OS. The molecule has 1 aliphatic rings. The van der Waals surface area contributed by atoms with Crippen molar-refractivity contribution in [2.24, 2.45) is 0 Å². The van der Waals surface area contributed by atoms with E-state index in [2.05, 4.69) is 22.3 Å². The van der Waals surface area contributed by atoms with Crippen molar-refractivity contribution in [1.29, 1.82) is 0 Å². The molecule has 3 nitrogen and oxygen atoms in total. The fraction of sp³-hybridized carbons (Fsp3) is 0.222. The van der Waals surface area contributed by atoms with Gasteiger partial charge in [0.1, 0.15) is 0 Å². The van der Waals surface area contributed by atoms with Crippen molar-refractivity contribution in [3.05, 3.63) is 24.3 Å². The molecule has 0 unspecified atom stereocenters. The van der Waals surface area contributed by atoms with Crippen LogP contribution < -0.4 is 10.2 Å². The van der Waals surface area contributed by atoms with E-state index >= 15 is 0 Å². The maximum Gasteiger partial charge on any atom is 0.310 e. The normalized spacial score (nSPS) is 14.0. The molecule has 0 aliphatic carbocycles. The number of carbonyl (C=O) groups excluding carboxylic acids is 1. The Balaban J connectivity index is 2.13. The number of amides is 1. The molecule has 13 heavy (non-hydrogen) atoms. The summed E-state index contributed by atoms with van der Waals surface area (Å²) >= 11 is 1.78. The highest BCUT2D eigenvalue weighted by molar-refractivity contribution is 7.99. The zero-order valence-corrected chi connectivity index (χ0v) is 7.80. The Labute approximate surface area is 81.1 Å². The van der Waals surface area contributed by atoms with Crippen LogP contribution in [0.25, 0.3) is 0 Å². The highest BCUT2D eigenvalue weighted by atomic mass is 32.2. The predicted octanol–water partition coefficient (Wildman–Crippen LogP) is 1.17. The van der Waals surface area contributed by atoms with Crippen LogP contribution in [-0.4, -0.2) is 19.0 Å². The smallest absolute Gasteiger partial charge is 0.310 e. The number of anilines is 1. The van der Waals surface area contributed by atoms with Gasteiger partial charge < -0.3 is 10.2 Å². The number of hydrogen-bond acceptors (Lipinski definition) is 3. The summed E-state index contributed by atoms with van der Waals surface area (Å²) in [5, 5.41) is 2.54. The van der Waals surface area contributed by atoms with E-state index in [1.807, 2.05) is 12.1 Å². The SMILES string of the molecule is O=[C]NCN1CSc2ccccc21. The summed E-state index contributed by atoms with van der Waals surface area (Å²) in [5.74, 6) is 0.897. The van der Waals surface area contributed by atoms with Crippen molar-refractivity contribution in [1.82, 2.24) is 5.32 Å². The quantitative estimate of drug-likeness (QED) is 0.731. The lowest BCUT2D eigenvalue weighted by molar-refractivity contribution is 0.542. The van der Waals surface area contributed by atoms with Crippen LogP contribution in [-0.2, 0) is 4.79 Å². The van der Waals surface area contributed by atoms with Crippen molar-refractivity contribution >= 4 is 23.9 Å². The Morgan fingerprint density at radius 2 is 2.38 bits per heavy atom. The number of hydrogen-bond donors (Lipinski definition) is 1. The molecule has 0 saturated carbocycles. The second kappa shape index (κ2) is 3.70. The molecule has 1 amide bonds. The summed E-state index contributed by atoms with van der Waals surface area (Å²) in [5.41, 5.74) is 1.19. The molecule has 0 bridgehead atoms. The minimum Gasteiger partial charge on any atom is -0.343 e. The Kier molecular flexibility index (Phi) is 2.40. The molecule has 0 fully saturated rings. The summed E-state index contributed by atoms with van der Waals surface area (Å²) in [6.45, 7) is 0.535. The average molecular weight is 193 g/mol. The van der Waals surface area contributed by atoms with Gasteiger partial charge in [0.05, 0.1) is 18.2 Å². The molecule has 0 atom stereocenters. The summed E-state index contributed by atoms with van der Waals surface area (Å²) in [6, 6.07) is 8.17. The molecule has 1 aliphatic heterocycles. The van der Waals surface area contributed by atoms with Gasteiger partial charge in [-0.1, -0.05) is 12.1 Å². The number of benzene rings is 1. The van der Waals surface area contributed by atoms with E-state index in [1.54, 1.807) is 18.2 Å². The molecule has 1 aromatic carbocycles. The Hall–Kier alpha value is -1.16. The average Bonchev–Trinajstić information content (AvgIpc) is 2.58. The zero-order chi connectivity index (χ0) is 9.10. The van der Waals surface area contributed by atoms with Gasteiger partial charge in [0.25, 0.3) is 0 Å². The van der Waals surface area contributed by atoms with Gasteiger partial charge >= 0.3 is 6.41 Å². The minimum atomic E-state index is 0.535. The van der Waals surface area contributed by atoms with Crippen LogP contribution in [0.3, 0.4) is 0 Å². The third-order valence-corrected chi connectivity index (χ3v) is 3.02. The van der Waals surface area contributed by atoms with Gasteiger partial charge in [-0.15, -0.1) is 11.8 Å². The van der Waals surface area contributed by atoms with E-state index in [1.165, 1.54) is 10.6 Å². The molecule has 0 saturated heterocycles. The molecule has 1 aromatic rings. The number of fused-ring (bicyclic) bond motifs is 1. The maximum absolute atomic E-state index is 10.0.